The van der Waals surface area contributed by atoms with Crippen LogP contribution in [0.2, 0.25) is 0 Å². The van der Waals surface area contributed by atoms with E-state index in [0.29, 0.717) is 5.92 Å². The summed E-state index contributed by atoms with van der Waals surface area (Å²) in [6.45, 7) is 3.53. The molecule has 2 aromatic rings. The summed E-state index contributed by atoms with van der Waals surface area (Å²) in [7, 11) is 1.97. The number of rotatable bonds is 4. The molecule has 0 amide bonds. The van der Waals surface area contributed by atoms with E-state index in [-0.39, 0.29) is 6.10 Å². The third kappa shape index (κ3) is 3.32. The van der Waals surface area contributed by atoms with Crippen LogP contribution < -0.4 is 0 Å². The largest absolute Gasteiger partial charge is 0.368 e. The highest BCUT2D eigenvalue weighted by Gasteiger charge is 2.26. The standard InChI is InChI=1S/C16H23N5OS/c1-20-11-18-19-15(20)14-10-21(6-7-22-14)9-13-8-17-16(23-13)12-4-2-3-5-12/h8,11-12,14H,2-7,9-10H2,1H3. The molecule has 4 rings (SSSR count). The number of morpholine rings is 1. The minimum Gasteiger partial charge on any atom is -0.368 e. The summed E-state index contributed by atoms with van der Waals surface area (Å²) < 4.78 is 7.82. The Morgan fingerprint density at radius 1 is 1.35 bits per heavy atom. The Balaban J connectivity index is 1.39. The van der Waals surface area contributed by atoms with Gasteiger partial charge in [-0.05, 0) is 12.8 Å². The number of hydrogen-bond donors (Lipinski definition) is 0. The molecule has 1 aliphatic heterocycles. The van der Waals surface area contributed by atoms with Gasteiger partial charge in [0.1, 0.15) is 12.4 Å². The van der Waals surface area contributed by atoms with Crippen LogP contribution in [0.4, 0.5) is 0 Å². The number of aromatic nitrogens is 4. The van der Waals surface area contributed by atoms with Crippen LogP contribution in [-0.2, 0) is 18.3 Å². The number of aryl methyl sites for hydroxylation is 1. The predicted molar refractivity (Wildman–Crippen MR) is 88.3 cm³/mol. The molecule has 0 radical (unpaired) electrons. The normalized spacial score (nSPS) is 23.6. The summed E-state index contributed by atoms with van der Waals surface area (Å²) in [5.41, 5.74) is 0. The first-order valence-electron chi connectivity index (χ1n) is 8.42. The van der Waals surface area contributed by atoms with Crippen molar-refractivity contribution in [2.75, 3.05) is 19.7 Å². The number of ether oxygens (including phenoxy) is 1. The Hall–Kier alpha value is -1.31. The molecule has 0 N–H and O–H groups in total. The molecule has 1 unspecified atom stereocenters. The van der Waals surface area contributed by atoms with Gasteiger partial charge in [0, 0.05) is 43.7 Å². The van der Waals surface area contributed by atoms with Gasteiger partial charge in [0.05, 0.1) is 11.6 Å². The quantitative estimate of drug-likeness (QED) is 0.860. The van der Waals surface area contributed by atoms with Crippen LogP contribution in [0.3, 0.4) is 0 Å². The van der Waals surface area contributed by atoms with E-state index in [4.69, 9.17) is 4.74 Å². The van der Waals surface area contributed by atoms with Crippen LogP contribution in [-0.4, -0.2) is 44.3 Å². The second-order valence-electron chi connectivity index (χ2n) is 6.54. The van der Waals surface area contributed by atoms with Crippen molar-refractivity contribution < 1.29 is 4.74 Å². The molecule has 7 heteroatoms. The van der Waals surface area contributed by atoms with Gasteiger partial charge < -0.3 is 9.30 Å². The SMILES string of the molecule is Cn1cnnc1C1CN(Cc2cnc(C3CCCC3)s2)CCO1. The van der Waals surface area contributed by atoms with Crippen molar-refractivity contribution in [1.29, 1.82) is 0 Å². The Morgan fingerprint density at radius 2 is 2.22 bits per heavy atom. The van der Waals surface area contributed by atoms with E-state index in [1.54, 1.807) is 6.33 Å². The van der Waals surface area contributed by atoms with Gasteiger partial charge in [0.15, 0.2) is 5.82 Å². The first kappa shape index (κ1) is 15.2. The Morgan fingerprint density at radius 3 is 3.00 bits per heavy atom. The zero-order valence-corrected chi connectivity index (χ0v) is 14.3. The fourth-order valence-electron chi connectivity index (χ4n) is 3.56. The van der Waals surface area contributed by atoms with Crippen LogP contribution in [0.1, 0.15) is 53.4 Å². The first-order chi connectivity index (χ1) is 11.3. The summed E-state index contributed by atoms with van der Waals surface area (Å²) in [6.07, 6.45) is 9.18. The molecule has 0 bridgehead atoms. The summed E-state index contributed by atoms with van der Waals surface area (Å²) in [4.78, 5) is 8.49. The zero-order valence-electron chi connectivity index (χ0n) is 13.5. The van der Waals surface area contributed by atoms with E-state index in [9.17, 15) is 0 Å². The molecule has 1 saturated carbocycles. The maximum Gasteiger partial charge on any atom is 0.163 e. The first-order valence-corrected chi connectivity index (χ1v) is 9.23. The second-order valence-corrected chi connectivity index (χ2v) is 7.69. The topological polar surface area (TPSA) is 56.1 Å². The van der Waals surface area contributed by atoms with Crippen molar-refractivity contribution >= 4 is 11.3 Å². The average molecular weight is 333 g/mol. The van der Waals surface area contributed by atoms with Crippen LogP contribution in [0.25, 0.3) is 0 Å². The smallest absolute Gasteiger partial charge is 0.163 e. The van der Waals surface area contributed by atoms with Gasteiger partial charge in [0.2, 0.25) is 0 Å². The monoisotopic (exact) mass is 333 g/mol. The maximum absolute atomic E-state index is 5.88. The van der Waals surface area contributed by atoms with Crippen LogP contribution in [0, 0.1) is 0 Å². The van der Waals surface area contributed by atoms with Crippen LogP contribution in [0.15, 0.2) is 12.5 Å². The molecular weight excluding hydrogens is 310 g/mol. The van der Waals surface area contributed by atoms with Gasteiger partial charge in [-0.1, -0.05) is 12.8 Å². The highest BCUT2D eigenvalue weighted by molar-refractivity contribution is 7.11. The van der Waals surface area contributed by atoms with E-state index >= 15 is 0 Å². The fourth-order valence-corrected chi connectivity index (χ4v) is 4.69. The van der Waals surface area contributed by atoms with Crippen molar-refractivity contribution in [1.82, 2.24) is 24.6 Å². The Labute approximate surface area is 140 Å². The predicted octanol–water partition coefficient (Wildman–Crippen LogP) is 2.50. The molecule has 23 heavy (non-hydrogen) atoms. The molecular formula is C16H23N5OS. The van der Waals surface area contributed by atoms with Crippen molar-refractivity contribution in [3.05, 3.63) is 28.2 Å². The average Bonchev–Trinajstić information content (AvgIpc) is 3.28. The van der Waals surface area contributed by atoms with Crippen molar-refractivity contribution in [3.8, 4) is 0 Å². The number of nitrogens with zero attached hydrogens (tertiary/aromatic N) is 5. The van der Waals surface area contributed by atoms with Crippen LogP contribution in [0.5, 0.6) is 0 Å². The lowest BCUT2D eigenvalue weighted by molar-refractivity contribution is -0.0382. The Bertz CT molecular complexity index is 648. The van der Waals surface area contributed by atoms with Crippen molar-refractivity contribution in [2.45, 2.75) is 44.2 Å². The number of hydrogen-bond acceptors (Lipinski definition) is 6. The van der Waals surface area contributed by atoms with Gasteiger partial charge >= 0.3 is 0 Å². The Kier molecular flexibility index (Phi) is 4.41. The molecule has 2 fully saturated rings. The molecule has 6 nitrogen and oxygen atoms in total. The van der Waals surface area contributed by atoms with Crippen molar-refractivity contribution in [2.24, 2.45) is 7.05 Å². The minimum atomic E-state index is 0.0125. The molecule has 124 valence electrons. The minimum absolute atomic E-state index is 0.0125. The third-order valence-corrected chi connectivity index (χ3v) is 5.98. The lowest BCUT2D eigenvalue weighted by Crippen LogP contribution is -2.38. The van der Waals surface area contributed by atoms with E-state index in [1.165, 1.54) is 35.6 Å². The fraction of sp³-hybridized carbons (Fsp3) is 0.688. The van der Waals surface area contributed by atoms with Gasteiger partial charge in [-0.2, -0.15) is 0 Å². The number of thiazole rings is 1. The van der Waals surface area contributed by atoms with Gasteiger partial charge in [-0.25, -0.2) is 4.98 Å². The summed E-state index contributed by atoms with van der Waals surface area (Å²) in [5.74, 6) is 1.62. The summed E-state index contributed by atoms with van der Waals surface area (Å²) in [6, 6.07) is 0. The molecule has 2 aromatic heterocycles. The van der Waals surface area contributed by atoms with Gasteiger partial charge in [-0.3, -0.25) is 4.90 Å². The van der Waals surface area contributed by atoms with E-state index in [2.05, 4.69) is 26.3 Å². The maximum atomic E-state index is 5.88. The van der Waals surface area contributed by atoms with E-state index in [0.717, 1.165) is 32.1 Å². The molecule has 1 aliphatic carbocycles. The highest BCUT2D eigenvalue weighted by Crippen LogP contribution is 2.36. The third-order valence-electron chi connectivity index (χ3n) is 4.84. The lowest BCUT2D eigenvalue weighted by Gasteiger charge is -2.31. The lowest BCUT2D eigenvalue weighted by atomic mass is 10.1. The zero-order chi connectivity index (χ0) is 15.6. The molecule has 2 aliphatic rings. The highest BCUT2D eigenvalue weighted by atomic mass is 32.1. The molecule has 0 aromatic carbocycles. The molecule has 0 spiro atoms. The van der Waals surface area contributed by atoms with Crippen molar-refractivity contribution in [3.63, 3.8) is 0 Å². The van der Waals surface area contributed by atoms with E-state index in [1.807, 2.05) is 23.0 Å². The van der Waals surface area contributed by atoms with Gasteiger partial charge in [-0.15, -0.1) is 21.5 Å². The summed E-state index contributed by atoms with van der Waals surface area (Å²) in [5, 5.41) is 9.49. The molecule has 1 atom stereocenters. The van der Waals surface area contributed by atoms with E-state index < -0.39 is 0 Å². The molecule has 1 saturated heterocycles. The molecule has 3 heterocycles. The van der Waals surface area contributed by atoms with Crippen LogP contribution >= 0.6 is 11.3 Å². The van der Waals surface area contributed by atoms with Gasteiger partial charge in [0.25, 0.3) is 0 Å². The summed E-state index contributed by atoms with van der Waals surface area (Å²) >= 11 is 1.90. The second kappa shape index (κ2) is 6.67.